The van der Waals surface area contributed by atoms with Crippen LogP contribution in [0.4, 0.5) is 10.1 Å². The maximum atomic E-state index is 13.2. The molecular weight excluding hydrogens is 251 g/mol. The van der Waals surface area contributed by atoms with Crippen molar-refractivity contribution in [1.29, 1.82) is 0 Å². The van der Waals surface area contributed by atoms with E-state index in [2.05, 4.69) is 5.32 Å². The Kier molecular flexibility index (Phi) is 2.66. The Balaban J connectivity index is 1.89. The fourth-order valence-corrected chi connectivity index (χ4v) is 2.75. The normalized spacial score (nSPS) is 25.5. The molecule has 2 atom stereocenters. The molecule has 2 aliphatic rings. The number of anilines is 1. The lowest BCUT2D eigenvalue weighted by molar-refractivity contribution is -0.126. The lowest BCUT2D eigenvalue weighted by Gasteiger charge is -2.21. The first kappa shape index (κ1) is 12.0. The quantitative estimate of drug-likeness (QED) is 0.792. The van der Waals surface area contributed by atoms with Crippen molar-refractivity contribution in [2.24, 2.45) is 11.8 Å². The Labute approximate surface area is 109 Å². The lowest BCUT2D eigenvalue weighted by Crippen LogP contribution is -2.31. The van der Waals surface area contributed by atoms with Gasteiger partial charge in [-0.15, -0.1) is 0 Å². The maximum Gasteiger partial charge on any atom is 0.232 e. The second-order valence-corrected chi connectivity index (χ2v) is 4.79. The standard InChI is InChI=1S/C13H13FN2O3/c1-19-11-4-7(14)2-3-10(11)16-5-8-9(6-16)13(18)15-12(8)17/h2-4,8-9H,5-6H2,1H3,(H,15,17,18)/t8-,9+. The predicted octanol–water partition coefficient (Wildman–Crippen LogP) is 0.543. The summed E-state index contributed by atoms with van der Waals surface area (Å²) >= 11 is 0. The molecule has 5 nitrogen and oxygen atoms in total. The molecule has 0 spiro atoms. The average molecular weight is 264 g/mol. The summed E-state index contributed by atoms with van der Waals surface area (Å²) in [6.07, 6.45) is 0. The van der Waals surface area contributed by atoms with Crippen LogP contribution in [0.25, 0.3) is 0 Å². The first-order valence-electron chi connectivity index (χ1n) is 6.03. The van der Waals surface area contributed by atoms with Gasteiger partial charge in [-0.3, -0.25) is 14.9 Å². The third-order valence-electron chi connectivity index (χ3n) is 3.72. The van der Waals surface area contributed by atoms with Gasteiger partial charge >= 0.3 is 0 Å². The van der Waals surface area contributed by atoms with Crippen molar-refractivity contribution in [3.63, 3.8) is 0 Å². The highest BCUT2D eigenvalue weighted by Crippen LogP contribution is 2.36. The topological polar surface area (TPSA) is 58.6 Å². The SMILES string of the molecule is COc1cc(F)ccc1N1C[C@@H]2C(=O)NC(=O)[C@@H]2C1. The van der Waals surface area contributed by atoms with Gasteiger partial charge in [-0.05, 0) is 12.1 Å². The second kappa shape index (κ2) is 4.22. The van der Waals surface area contributed by atoms with Gasteiger partial charge in [0.2, 0.25) is 11.8 Å². The van der Waals surface area contributed by atoms with E-state index in [4.69, 9.17) is 4.74 Å². The third-order valence-corrected chi connectivity index (χ3v) is 3.72. The Morgan fingerprint density at radius 1 is 1.26 bits per heavy atom. The monoisotopic (exact) mass is 264 g/mol. The zero-order chi connectivity index (χ0) is 13.6. The van der Waals surface area contributed by atoms with Crippen molar-refractivity contribution >= 4 is 17.5 Å². The van der Waals surface area contributed by atoms with Crippen LogP contribution in [0.15, 0.2) is 18.2 Å². The van der Waals surface area contributed by atoms with E-state index in [0.717, 1.165) is 0 Å². The number of ether oxygens (including phenoxy) is 1. The predicted molar refractivity (Wildman–Crippen MR) is 65.3 cm³/mol. The average Bonchev–Trinajstić information content (AvgIpc) is 2.92. The highest BCUT2D eigenvalue weighted by atomic mass is 19.1. The van der Waals surface area contributed by atoms with E-state index >= 15 is 0 Å². The van der Waals surface area contributed by atoms with Crippen molar-refractivity contribution < 1.29 is 18.7 Å². The van der Waals surface area contributed by atoms with Gasteiger partial charge in [-0.2, -0.15) is 0 Å². The number of rotatable bonds is 2. The molecule has 0 aliphatic carbocycles. The molecule has 2 aliphatic heterocycles. The number of fused-ring (bicyclic) bond motifs is 1. The van der Waals surface area contributed by atoms with Gasteiger partial charge in [-0.1, -0.05) is 0 Å². The first-order valence-corrected chi connectivity index (χ1v) is 6.03. The zero-order valence-corrected chi connectivity index (χ0v) is 10.4. The van der Waals surface area contributed by atoms with Gasteiger partial charge in [0.25, 0.3) is 0 Å². The van der Waals surface area contributed by atoms with Crippen molar-refractivity contribution in [1.82, 2.24) is 5.32 Å². The summed E-state index contributed by atoms with van der Waals surface area (Å²) in [4.78, 5) is 25.1. The number of carbonyl (C=O) groups is 2. The van der Waals surface area contributed by atoms with Gasteiger partial charge in [0, 0.05) is 19.2 Å². The number of hydrogen-bond donors (Lipinski definition) is 1. The largest absolute Gasteiger partial charge is 0.494 e. The maximum absolute atomic E-state index is 13.2. The first-order chi connectivity index (χ1) is 9.10. The molecule has 100 valence electrons. The molecule has 2 fully saturated rings. The van der Waals surface area contributed by atoms with E-state index in [-0.39, 0.29) is 29.5 Å². The molecule has 0 radical (unpaired) electrons. The third kappa shape index (κ3) is 1.83. The molecule has 0 bridgehead atoms. The minimum atomic E-state index is -0.381. The molecule has 2 saturated heterocycles. The molecule has 2 heterocycles. The van der Waals surface area contributed by atoms with Crippen LogP contribution in [0, 0.1) is 17.7 Å². The van der Waals surface area contributed by atoms with Crippen LogP contribution in [-0.4, -0.2) is 32.0 Å². The summed E-state index contributed by atoms with van der Waals surface area (Å²) in [5, 5.41) is 2.33. The minimum Gasteiger partial charge on any atom is -0.494 e. The molecule has 0 aromatic heterocycles. The van der Waals surface area contributed by atoms with Crippen molar-refractivity contribution in [3.8, 4) is 5.75 Å². The molecule has 0 unspecified atom stereocenters. The highest BCUT2D eigenvalue weighted by molar-refractivity contribution is 6.06. The summed E-state index contributed by atoms with van der Waals surface area (Å²) < 4.78 is 18.3. The summed E-state index contributed by atoms with van der Waals surface area (Å²) in [7, 11) is 1.47. The van der Waals surface area contributed by atoms with Crippen LogP contribution < -0.4 is 15.0 Å². The number of nitrogens with zero attached hydrogens (tertiary/aromatic N) is 1. The summed E-state index contributed by atoms with van der Waals surface area (Å²) in [6.45, 7) is 0.897. The number of hydrogen-bond acceptors (Lipinski definition) is 4. The van der Waals surface area contributed by atoms with E-state index in [1.54, 1.807) is 6.07 Å². The minimum absolute atomic E-state index is 0.224. The molecule has 1 N–H and O–H groups in total. The number of benzene rings is 1. The van der Waals surface area contributed by atoms with E-state index < -0.39 is 0 Å². The van der Waals surface area contributed by atoms with E-state index in [9.17, 15) is 14.0 Å². The summed E-state index contributed by atoms with van der Waals surface area (Å²) in [6, 6.07) is 4.25. The smallest absolute Gasteiger partial charge is 0.232 e. The number of carbonyl (C=O) groups excluding carboxylic acids is 2. The van der Waals surface area contributed by atoms with Crippen LogP contribution in [0.1, 0.15) is 0 Å². The lowest BCUT2D eigenvalue weighted by atomic mass is 10.00. The van der Waals surface area contributed by atoms with Crippen molar-refractivity contribution in [2.75, 3.05) is 25.1 Å². The highest BCUT2D eigenvalue weighted by Gasteiger charge is 2.48. The van der Waals surface area contributed by atoms with Crippen molar-refractivity contribution in [3.05, 3.63) is 24.0 Å². The number of halogens is 1. The molecular formula is C13H13FN2O3. The molecule has 1 aromatic rings. The van der Waals surface area contributed by atoms with Crippen LogP contribution in [0.3, 0.4) is 0 Å². The molecule has 1 aromatic carbocycles. The molecule has 3 rings (SSSR count). The Bertz CT molecular complexity index is 539. The number of nitrogens with one attached hydrogen (secondary N) is 1. The summed E-state index contributed by atoms with van der Waals surface area (Å²) in [5.74, 6) is -1.05. The Hall–Kier alpha value is -2.11. The number of amides is 2. The van der Waals surface area contributed by atoms with E-state index in [0.29, 0.717) is 24.5 Å². The van der Waals surface area contributed by atoms with Gasteiger partial charge in [-0.25, -0.2) is 4.39 Å². The second-order valence-electron chi connectivity index (χ2n) is 4.79. The summed E-state index contributed by atoms with van der Waals surface area (Å²) in [5.41, 5.74) is 0.707. The molecule has 2 amide bonds. The number of imide groups is 1. The van der Waals surface area contributed by atoms with E-state index in [1.807, 2.05) is 4.90 Å². The Morgan fingerprint density at radius 2 is 1.89 bits per heavy atom. The zero-order valence-electron chi connectivity index (χ0n) is 10.4. The number of methoxy groups -OCH3 is 1. The fraction of sp³-hybridized carbons (Fsp3) is 0.385. The fourth-order valence-electron chi connectivity index (χ4n) is 2.75. The van der Waals surface area contributed by atoms with Crippen LogP contribution in [0.5, 0.6) is 5.75 Å². The van der Waals surface area contributed by atoms with Gasteiger partial charge in [0.15, 0.2) is 0 Å². The Morgan fingerprint density at radius 3 is 2.47 bits per heavy atom. The van der Waals surface area contributed by atoms with Crippen LogP contribution in [0.2, 0.25) is 0 Å². The van der Waals surface area contributed by atoms with Gasteiger partial charge in [0.1, 0.15) is 11.6 Å². The molecule has 0 saturated carbocycles. The van der Waals surface area contributed by atoms with E-state index in [1.165, 1.54) is 19.2 Å². The molecule has 19 heavy (non-hydrogen) atoms. The van der Waals surface area contributed by atoms with Gasteiger partial charge in [0.05, 0.1) is 24.6 Å². The van der Waals surface area contributed by atoms with Crippen LogP contribution >= 0.6 is 0 Å². The van der Waals surface area contributed by atoms with Gasteiger partial charge < -0.3 is 9.64 Å². The molecule has 6 heteroatoms. The van der Waals surface area contributed by atoms with Crippen LogP contribution in [-0.2, 0) is 9.59 Å². The van der Waals surface area contributed by atoms with Crippen molar-refractivity contribution in [2.45, 2.75) is 0 Å².